The lowest BCUT2D eigenvalue weighted by atomic mass is 10.1. The Bertz CT molecular complexity index is 775. The minimum Gasteiger partial charge on any atom is -0.354 e. The Morgan fingerprint density at radius 1 is 0.966 bits per heavy atom. The second-order valence-corrected chi connectivity index (χ2v) is 8.79. The van der Waals surface area contributed by atoms with Crippen LogP contribution in [0.1, 0.15) is 37.5 Å². The van der Waals surface area contributed by atoms with Crippen molar-refractivity contribution in [2.75, 3.05) is 12.3 Å². The van der Waals surface area contributed by atoms with E-state index in [4.69, 9.17) is 0 Å². The van der Waals surface area contributed by atoms with Crippen molar-refractivity contribution < 1.29 is 9.59 Å². The highest BCUT2D eigenvalue weighted by Gasteiger charge is 2.26. The molecule has 0 bridgehead atoms. The van der Waals surface area contributed by atoms with Crippen molar-refractivity contribution in [3.63, 3.8) is 0 Å². The van der Waals surface area contributed by atoms with E-state index < -0.39 is 6.04 Å². The van der Waals surface area contributed by atoms with Gasteiger partial charge in [-0.1, -0.05) is 74.0 Å². The molecule has 0 aliphatic heterocycles. The molecule has 2 aromatic rings. The summed E-state index contributed by atoms with van der Waals surface area (Å²) in [5.74, 6) is 1.38. The molecular weight excluding hydrogens is 380 g/mol. The zero-order chi connectivity index (χ0) is 21.2. The number of nitrogens with one attached hydrogen (secondary N) is 1. The van der Waals surface area contributed by atoms with Crippen LogP contribution in [0.25, 0.3) is 0 Å². The Labute approximate surface area is 179 Å². The van der Waals surface area contributed by atoms with Gasteiger partial charge in [-0.15, -0.1) is 11.8 Å². The largest absolute Gasteiger partial charge is 0.354 e. The fourth-order valence-corrected chi connectivity index (χ4v) is 3.71. The van der Waals surface area contributed by atoms with Gasteiger partial charge in [0.25, 0.3) is 0 Å². The zero-order valence-corrected chi connectivity index (χ0v) is 18.7. The Kier molecular flexibility index (Phi) is 9.26. The molecule has 156 valence electrons. The number of hydrogen-bond acceptors (Lipinski definition) is 3. The summed E-state index contributed by atoms with van der Waals surface area (Å²) in [6.45, 7) is 9.00. The van der Waals surface area contributed by atoms with Crippen LogP contribution in [-0.4, -0.2) is 35.1 Å². The first kappa shape index (κ1) is 23.0. The first-order valence-electron chi connectivity index (χ1n) is 10.1. The van der Waals surface area contributed by atoms with Crippen LogP contribution in [0, 0.1) is 12.8 Å². The summed E-state index contributed by atoms with van der Waals surface area (Å²) in [7, 11) is 0. The number of carbonyl (C=O) groups is 2. The van der Waals surface area contributed by atoms with Crippen molar-refractivity contribution >= 4 is 23.6 Å². The lowest BCUT2D eigenvalue weighted by Gasteiger charge is -2.29. The van der Waals surface area contributed by atoms with Crippen LogP contribution in [0.2, 0.25) is 0 Å². The van der Waals surface area contributed by atoms with Crippen LogP contribution in [-0.2, 0) is 21.9 Å². The maximum absolute atomic E-state index is 13.0. The van der Waals surface area contributed by atoms with Gasteiger partial charge in [-0.05, 0) is 30.9 Å². The average molecular weight is 413 g/mol. The molecule has 1 atom stereocenters. The van der Waals surface area contributed by atoms with Gasteiger partial charge in [0.2, 0.25) is 11.8 Å². The van der Waals surface area contributed by atoms with Crippen molar-refractivity contribution in [3.05, 3.63) is 71.3 Å². The van der Waals surface area contributed by atoms with Crippen LogP contribution in [0.3, 0.4) is 0 Å². The molecule has 0 spiro atoms. The van der Waals surface area contributed by atoms with Crippen molar-refractivity contribution in [3.8, 4) is 0 Å². The number of rotatable bonds is 10. The molecule has 4 nitrogen and oxygen atoms in total. The monoisotopic (exact) mass is 412 g/mol. The molecule has 0 aromatic heterocycles. The third-order valence-electron chi connectivity index (χ3n) is 4.66. The first-order valence-corrected chi connectivity index (χ1v) is 11.3. The van der Waals surface area contributed by atoms with Crippen molar-refractivity contribution in [2.24, 2.45) is 5.92 Å². The standard InChI is InChI=1S/C24H32N2O2S/c1-18(2)14-25-24(28)20(4)26(15-21-12-10-19(3)11-13-21)23(27)17-29-16-22-8-6-5-7-9-22/h5-13,18,20H,14-17H2,1-4H3,(H,25,28)/t20-/m0/s1. The zero-order valence-electron chi connectivity index (χ0n) is 17.9. The molecule has 2 rings (SSSR count). The molecule has 29 heavy (non-hydrogen) atoms. The predicted octanol–water partition coefficient (Wildman–Crippen LogP) is 4.42. The Hall–Kier alpha value is -2.27. The van der Waals surface area contributed by atoms with Gasteiger partial charge in [0.05, 0.1) is 5.75 Å². The van der Waals surface area contributed by atoms with Crippen molar-refractivity contribution in [1.29, 1.82) is 0 Å². The molecule has 0 fully saturated rings. The van der Waals surface area contributed by atoms with Crippen LogP contribution in [0.4, 0.5) is 0 Å². The van der Waals surface area contributed by atoms with Gasteiger partial charge in [-0.3, -0.25) is 9.59 Å². The molecule has 2 amide bonds. The maximum Gasteiger partial charge on any atom is 0.242 e. The van der Waals surface area contributed by atoms with Crippen molar-refractivity contribution in [2.45, 2.75) is 46.0 Å². The first-order chi connectivity index (χ1) is 13.9. The van der Waals surface area contributed by atoms with E-state index >= 15 is 0 Å². The van der Waals surface area contributed by atoms with Crippen LogP contribution in [0.5, 0.6) is 0 Å². The van der Waals surface area contributed by atoms with E-state index in [2.05, 4.69) is 31.3 Å². The number of hydrogen-bond donors (Lipinski definition) is 1. The minimum absolute atomic E-state index is 0.0151. The summed E-state index contributed by atoms with van der Waals surface area (Å²) in [6.07, 6.45) is 0. The molecule has 0 saturated carbocycles. The molecule has 0 radical (unpaired) electrons. The van der Waals surface area contributed by atoms with Crippen LogP contribution < -0.4 is 5.32 Å². The molecule has 0 heterocycles. The maximum atomic E-state index is 13.0. The van der Waals surface area contributed by atoms with Gasteiger partial charge in [0.1, 0.15) is 6.04 Å². The summed E-state index contributed by atoms with van der Waals surface area (Å²) in [6, 6.07) is 17.7. The average Bonchev–Trinajstić information content (AvgIpc) is 2.71. The highest BCUT2D eigenvalue weighted by atomic mass is 32.2. The van der Waals surface area contributed by atoms with E-state index in [-0.39, 0.29) is 11.8 Å². The van der Waals surface area contributed by atoms with E-state index in [0.717, 1.165) is 11.3 Å². The number of nitrogens with zero attached hydrogens (tertiary/aromatic N) is 1. The third kappa shape index (κ3) is 7.94. The molecule has 0 unspecified atom stereocenters. The lowest BCUT2D eigenvalue weighted by Crippen LogP contribution is -2.48. The number of amides is 2. The summed E-state index contributed by atoms with van der Waals surface area (Å²) in [4.78, 5) is 27.3. The molecule has 5 heteroatoms. The van der Waals surface area contributed by atoms with Crippen LogP contribution >= 0.6 is 11.8 Å². The van der Waals surface area contributed by atoms with Gasteiger partial charge < -0.3 is 10.2 Å². The molecular formula is C24H32N2O2S. The molecule has 0 saturated heterocycles. The van der Waals surface area contributed by atoms with Gasteiger partial charge in [-0.25, -0.2) is 0 Å². The van der Waals surface area contributed by atoms with Crippen LogP contribution in [0.15, 0.2) is 54.6 Å². The highest BCUT2D eigenvalue weighted by Crippen LogP contribution is 2.16. The predicted molar refractivity (Wildman–Crippen MR) is 122 cm³/mol. The lowest BCUT2D eigenvalue weighted by molar-refractivity contribution is -0.138. The summed E-state index contributed by atoms with van der Waals surface area (Å²) in [5.41, 5.74) is 3.39. The second-order valence-electron chi connectivity index (χ2n) is 7.80. The second kappa shape index (κ2) is 11.7. The summed E-state index contributed by atoms with van der Waals surface area (Å²) < 4.78 is 0. The van der Waals surface area contributed by atoms with Gasteiger partial charge >= 0.3 is 0 Å². The van der Waals surface area contributed by atoms with Gasteiger partial charge in [0.15, 0.2) is 0 Å². The summed E-state index contributed by atoms with van der Waals surface area (Å²) in [5, 5.41) is 2.95. The highest BCUT2D eigenvalue weighted by molar-refractivity contribution is 7.99. The van der Waals surface area contributed by atoms with E-state index in [9.17, 15) is 9.59 Å². The number of aryl methyl sites for hydroxylation is 1. The Morgan fingerprint density at radius 2 is 1.62 bits per heavy atom. The number of carbonyl (C=O) groups excluding carboxylic acids is 2. The normalized spacial score (nSPS) is 11.9. The molecule has 2 aromatic carbocycles. The van der Waals surface area contributed by atoms with E-state index in [0.29, 0.717) is 24.8 Å². The molecule has 0 aliphatic carbocycles. The van der Waals surface area contributed by atoms with E-state index in [1.807, 2.05) is 56.3 Å². The quantitative estimate of drug-likeness (QED) is 0.628. The van der Waals surface area contributed by atoms with Crippen molar-refractivity contribution in [1.82, 2.24) is 10.2 Å². The fraction of sp³-hybridized carbons (Fsp3) is 0.417. The summed E-state index contributed by atoms with van der Waals surface area (Å²) >= 11 is 1.58. The molecule has 1 N–H and O–H groups in total. The van der Waals surface area contributed by atoms with E-state index in [1.165, 1.54) is 11.1 Å². The minimum atomic E-state index is -0.514. The molecule has 0 aliphatic rings. The SMILES string of the molecule is Cc1ccc(CN(C(=O)CSCc2ccccc2)[C@@H](C)C(=O)NCC(C)C)cc1. The topological polar surface area (TPSA) is 49.4 Å². The van der Waals surface area contributed by atoms with Gasteiger partial charge in [-0.2, -0.15) is 0 Å². The Morgan fingerprint density at radius 3 is 2.24 bits per heavy atom. The van der Waals surface area contributed by atoms with E-state index in [1.54, 1.807) is 16.7 Å². The fourth-order valence-electron chi connectivity index (χ4n) is 2.84. The number of thioether (sulfide) groups is 1. The Balaban J connectivity index is 2.04. The third-order valence-corrected chi connectivity index (χ3v) is 5.65. The van der Waals surface area contributed by atoms with Gasteiger partial charge in [0, 0.05) is 18.8 Å². The smallest absolute Gasteiger partial charge is 0.242 e. The number of benzene rings is 2.